The van der Waals surface area contributed by atoms with Crippen LogP contribution in [0.3, 0.4) is 0 Å². The summed E-state index contributed by atoms with van der Waals surface area (Å²) in [5.74, 6) is 0.343. The Kier molecular flexibility index (Phi) is 1.99. The Bertz CT molecular complexity index is 388. The van der Waals surface area contributed by atoms with Gasteiger partial charge < -0.3 is 9.57 Å². The molecule has 15 heavy (non-hydrogen) atoms. The number of oxime groups is 1. The second-order valence-corrected chi connectivity index (χ2v) is 4.06. The Morgan fingerprint density at radius 1 is 1.27 bits per heavy atom. The highest BCUT2D eigenvalue weighted by Crippen LogP contribution is 2.36. The topological polar surface area (TPSA) is 30.8 Å². The number of benzene rings is 1. The quantitative estimate of drug-likeness (QED) is 0.700. The fourth-order valence-corrected chi connectivity index (χ4v) is 2.17. The van der Waals surface area contributed by atoms with Crippen LogP contribution in [0.4, 0.5) is 0 Å². The molecule has 0 saturated carbocycles. The van der Waals surface area contributed by atoms with Crippen molar-refractivity contribution in [2.24, 2.45) is 11.1 Å². The van der Waals surface area contributed by atoms with Gasteiger partial charge in [-0.05, 0) is 12.5 Å². The molecule has 78 valence electrons. The van der Waals surface area contributed by atoms with Crippen molar-refractivity contribution in [3.05, 3.63) is 35.9 Å². The lowest BCUT2D eigenvalue weighted by atomic mass is 9.95. The van der Waals surface area contributed by atoms with E-state index in [2.05, 4.69) is 17.3 Å². The van der Waals surface area contributed by atoms with E-state index in [4.69, 9.17) is 9.57 Å². The summed E-state index contributed by atoms with van der Waals surface area (Å²) in [5, 5.41) is 4.13. The average Bonchev–Trinajstić information content (AvgIpc) is 2.83. The molecule has 3 nitrogen and oxygen atoms in total. The molecule has 3 atom stereocenters. The molecule has 0 aliphatic carbocycles. The second kappa shape index (κ2) is 3.35. The maximum atomic E-state index is 5.77. The van der Waals surface area contributed by atoms with Gasteiger partial charge in [0, 0.05) is 0 Å². The van der Waals surface area contributed by atoms with E-state index in [1.807, 2.05) is 25.1 Å². The van der Waals surface area contributed by atoms with Crippen LogP contribution in [-0.4, -0.2) is 18.4 Å². The summed E-state index contributed by atoms with van der Waals surface area (Å²) < 4.78 is 5.77. The number of rotatable bonds is 1. The molecule has 0 bridgehead atoms. The van der Waals surface area contributed by atoms with Gasteiger partial charge in [0.05, 0.1) is 18.2 Å². The Hall–Kier alpha value is -1.35. The SMILES string of the molecule is C[C@@H]1ON=C2[C@H](c3ccccc3)OC[C@H]21. The Morgan fingerprint density at radius 3 is 2.87 bits per heavy atom. The van der Waals surface area contributed by atoms with Crippen LogP contribution in [0.2, 0.25) is 0 Å². The van der Waals surface area contributed by atoms with Crippen LogP contribution in [0.1, 0.15) is 18.6 Å². The lowest BCUT2D eigenvalue weighted by molar-refractivity contribution is 0.0350. The van der Waals surface area contributed by atoms with E-state index in [1.54, 1.807) is 0 Å². The van der Waals surface area contributed by atoms with Gasteiger partial charge >= 0.3 is 0 Å². The van der Waals surface area contributed by atoms with Crippen molar-refractivity contribution >= 4 is 5.71 Å². The first-order valence-electron chi connectivity index (χ1n) is 5.26. The summed E-state index contributed by atoms with van der Waals surface area (Å²) >= 11 is 0. The van der Waals surface area contributed by atoms with Gasteiger partial charge in [-0.2, -0.15) is 0 Å². The minimum absolute atomic E-state index is 0.00106. The zero-order valence-corrected chi connectivity index (χ0v) is 8.59. The molecule has 0 aromatic heterocycles. The molecule has 0 unspecified atom stereocenters. The van der Waals surface area contributed by atoms with Gasteiger partial charge in [-0.3, -0.25) is 0 Å². The molecule has 2 aliphatic rings. The van der Waals surface area contributed by atoms with Crippen LogP contribution in [0.25, 0.3) is 0 Å². The third-order valence-electron chi connectivity index (χ3n) is 3.08. The van der Waals surface area contributed by atoms with E-state index >= 15 is 0 Å². The molecular formula is C12H13NO2. The van der Waals surface area contributed by atoms with E-state index in [9.17, 15) is 0 Å². The summed E-state index contributed by atoms with van der Waals surface area (Å²) in [7, 11) is 0. The minimum Gasteiger partial charge on any atom is -0.392 e. The highest BCUT2D eigenvalue weighted by molar-refractivity contribution is 5.94. The van der Waals surface area contributed by atoms with Crippen LogP contribution < -0.4 is 0 Å². The number of nitrogens with zero attached hydrogens (tertiary/aromatic N) is 1. The van der Waals surface area contributed by atoms with Gasteiger partial charge in [-0.15, -0.1) is 0 Å². The summed E-state index contributed by atoms with van der Waals surface area (Å²) in [5.41, 5.74) is 2.21. The molecule has 0 N–H and O–H groups in total. The number of ether oxygens (including phenoxy) is 1. The zero-order chi connectivity index (χ0) is 10.3. The normalized spacial score (nSPS) is 33.4. The number of hydrogen-bond acceptors (Lipinski definition) is 3. The minimum atomic E-state index is 0.00106. The molecule has 1 fully saturated rings. The maximum absolute atomic E-state index is 5.77. The van der Waals surface area contributed by atoms with Crippen LogP contribution >= 0.6 is 0 Å². The van der Waals surface area contributed by atoms with Crippen molar-refractivity contribution in [1.29, 1.82) is 0 Å². The van der Waals surface area contributed by atoms with E-state index in [0.29, 0.717) is 5.92 Å². The number of fused-ring (bicyclic) bond motifs is 1. The molecule has 2 heterocycles. The molecule has 0 amide bonds. The van der Waals surface area contributed by atoms with Crippen molar-refractivity contribution in [2.75, 3.05) is 6.61 Å². The first-order valence-corrected chi connectivity index (χ1v) is 5.26. The van der Waals surface area contributed by atoms with E-state index in [-0.39, 0.29) is 12.2 Å². The first kappa shape index (κ1) is 8.92. The highest BCUT2D eigenvalue weighted by Gasteiger charge is 2.42. The lowest BCUT2D eigenvalue weighted by Gasteiger charge is -2.08. The van der Waals surface area contributed by atoms with Crippen molar-refractivity contribution < 1.29 is 9.57 Å². The summed E-state index contributed by atoms with van der Waals surface area (Å²) in [6, 6.07) is 10.2. The summed E-state index contributed by atoms with van der Waals surface area (Å²) in [4.78, 5) is 5.28. The van der Waals surface area contributed by atoms with Crippen LogP contribution in [0.15, 0.2) is 35.5 Å². The van der Waals surface area contributed by atoms with Crippen molar-refractivity contribution in [2.45, 2.75) is 19.1 Å². The van der Waals surface area contributed by atoms with Gasteiger partial charge in [0.15, 0.2) is 0 Å². The van der Waals surface area contributed by atoms with Gasteiger partial charge in [0.2, 0.25) is 0 Å². The molecule has 0 spiro atoms. The Morgan fingerprint density at radius 2 is 2.07 bits per heavy atom. The Labute approximate surface area is 88.7 Å². The predicted molar refractivity (Wildman–Crippen MR) is 56.6 cm³/mol. The molecule has 3 rings (SSSR count). The van der Waals surface area contributed by atoms with Gasteiger partial charge in [0.25, 0.3) is 0 Å². The van der Waals surface area contributed by atoms with Crippen LogP contribution in [0, 0.1) is 5.92 Å². The molecule has 1 saturated heterocycles. The molecule has 1 aromatic carbocycles. The third-order valence-corrected chi connectivity index (χ3v) is 3.08. The monoisotopic (exact) mass is 203 g/mol. The van der Waals surface area contributed by atoms with Crippen LogP contribution in [-0.2, 0) is 9.57 Å². The van der Waals surface area contributed by atoms with Gasteiger partial charge in [-0.25, -0.2) is 0 Å². The van der Waals surface area contributed by atoms with Gasteiger partial charge in [-0.1, -0.05) is 35.5 Å². The fraction of sp³-hybridized carbons (Fsp3) is 0.417. The third kappa shape index (κ3) is 1.35. The van der Waals surface area contributed by atoms with E-state index < -0.39 is 0 Å². The van der Waals surface area contributed by atoms with Crippen molar-refractivity contribution in [3.63, 3.8) is 0 Å². The largest absolute Gasteiger partial charge is 0.392 e. The first-order chi connectivity index (χ1) is 7.36. The van der Waals surface area contributed by atoms with Crippen molar-refractivity contribution in [3.8, 4) is 0 Å². The average molecular weight is 203 g/mol. The molecular weight excluding hydrogens is 190 g/mol. The standard InChI is InChI=1S/C12H13NO2/c1-8-10-7-14-12(11(10)13-15-8)9-5-3-2-4-6-9/h2-6,8,10,12H,7H2,1H3/t8-,10-,12-/m0/s1. The molecule has 0 radical (unpaired) electrons. The van der Waals surface area contributed by atoms with E-state index in [1.165, 1.54) is 0 Å². The smallest absolute Gasteiger partial charge is 0.135 e. The van der Waals surface area contributed by atoms with Crippen LogP contribution in [0.5, 0.6) is 0 Å². The van der Waals surface area contributed by atoms with E-state index in [0.717, 1.165) is 17.9 Å². The summed E-state index contributed by atoms with van der Waals surface area (Å²) in [6.45, 7) is 2.76. The van der Waals surface area contributed by atoms with Gasteiger partial charge in [0.1, 0.15) is 12.2 Å². The molecule has 2 aliphatic heterocycles. The predicted octanol–water partition coefficient (Wildman–Crippen LogP) is 2.15. The zero-order valence-electron chi connectivity index (χ0n) is 8.59. The molecule has 1 aromatic rings. The highest BCUT2D eigenvalue weighted by atomic mass is 16.7. The second-order valence-electron chi connectivity index (χ2n) is 4.06. The Balaban J connectivity index is 1.91. The fourth-order valence-electron chi connectivity index (χ4n) is 2.17. The maximum Gasteiger partial charge on any atom is 0.135 e. The van der Waals surface area contributed by atoms with Crippen molar-refractivity contribution in [1.82, 2.24) is 0 Å². The number of hydrogen-bond donors (Lipinski definition) is 0. The molecule has 3 heteroatoms. The summed E-state index contributed by atoms with van der Waals surface area (Å²) in [6.07, 6.45) is 0.162. The lowest BCUT2D eigenvalue weighted by Crippen LogP contribution is -2.19.